The summed E-state index contributed by atoms with van der Waals surface area (Å²) in [5.74, 6) is 0.651. The van der Waals surface area contributed by atoms with Crippen LogP contribution in [0.4, 0.5) is 5.69 Å². The van der Waals surface area contributed by atoms with Gasteiger partial charge in [-0.15, -0.1) is 0 Å². The van der Waals surface area contributed by atoms with Crippen LogP contribution >= 0.6 is 0 Å². The maximum absolute atomic E-state index is 11.9. The zero-order valence-electron chi connectivity index (χ0n) is 11.7. The molecule has 0 aliphatic carbocycles. The fraction of sp³-hybridized carbons (Fsp3) is 0.357. The van der Waals surface area contributed by atoms with Gasteiger partial charge < -0.3 is 11.1 Å². The zero-order valence-corrected chi connectivity index (χ0v) is 11.7. The number of hydrogen-bond acceptors (Lipinski definition) is 4. The predicted octanol–water partition coefficient (Wildman–Crippen LogP) is 1.58. The lowest BCUT2D eigenvalue weighted by atomic mass is 9.99. The van der Waals surface area contributed by atoms with Gasteiger partial charge in [0.15, 0.2) is 5.82 Å². The first-order chi connectivity index (χ1) is 9.61. The molecule has 106 valence electrons. The molecule has 0 bridgehead atoms. The number of aromatic nitrogens is 3. The van der Waals surface area contributed by atoms with Gasteiger partial charge in [0.25, 0.3) is 0 Å². The molecule has 0 fully saturated rings. The van der Waals surface area contributed by atoms with Crippen LogP contribution in [0.1, 0.15) is 20.3 Å². The van der Waals surface area contributed by atoms with E-state index in [2.05, 4.69) is 15.4 Å². The van der Waals surface area contributed by atoms with Crippen LogP contribution in [0.15, 0.2) is 36.8 Å². The summed E-state index contributed by atoms with van der Waals surface area (Å²) < 4.78 is 1.65. The molecule has 0 aromatic carbocycles. The number of pyridine rings is 1. The summed E-state index contributed by atoms with van der Waals surface area (Å²) in [6.07, 6.45) is 5.95. The van der Waals surface area contributed by atoms with Crippen molar-refractivity contribution in [3.63, 3.8) is 0 Å². The standard InChI is InChI=1S/C14H19N5O/c1-3-10(2)13(15)14(20)18-11-5-6-12(16-9-11)19-8-4-7-17-19/h4-10,13H,3,15H2,1-2H3,(H,18,20)/t10?,13-/m0/s1. The quantitative estimate of drug-likeness (QED) is 0.866. The van der Waals surface area contributed by atoms with Crippen LogP contribution in [0.2, 0.25) is 0 Å². The SMILES string of the molecule is CCC(C)[C@H](N)C(=O)Nc1ccc(-n2cccn2)nc1. The summed E-state index contributed by atoms with van der Waals surface area (Å²) in [6, 6.07) is 4.89. The molecule has 0 aliphatic heterocycles. The highest BCUT2D eigenvalue weighted by atomic mass is 16.2. The van der Waals surface area contributed by atoms with Crippen LogP contribution in [0, 0.1) is 5.92 Å². The number of nitrogens with one attached hydrogen (secondary N) is 1. The van der Waals surface area contributed by atoms with Crippen LogP contribution in [-0.2, 0) is 4.79 Å². The highest BCUT2D eigenvalue weighted by molar-refractivity contribution is 5.94. The van der Waals surface area contributed by atoms with Crippen LogP contribution in [0.25, 0.3) is 5.82 Å². The molecule has 0 aliphatic rings. The lowest BCUT2D eigenvalue weighted by Gasteiger charge is -2.17. The van der Waals surface area contributed by atoms with Crippen molar-refractivity contribution in [3.8, 4) is 5.82 Å². The second-order valence-corrected chi connectivity index (χ2v) is 4.76. The van der Waals surface area contributed by atoms with Crippen molar-refractivity contribution < 1.29 is 4.79 Å². The Kier molecular flexibility index (Phi) is 4.47. The minimum Gasteiger partial charge on any atom is -0.323 e. The van der Waals surface area contributed by atoms with Gasteiger partial charge in [0.1, 0.15) is 0 Å². The lowest BCUT2D eigenvalue weighted by molar-refractivity contribution is -0.118. The fourth-order valence-corrected chi connectivity index (χ4v) is 1.74. The Bertz CT molecular complexity index is 549. The molecule has 6 heteroatoms. The van der Waals surface area contributed by atoms with Gasteiger partial charge in [-0.25, -0.2) is 9.67 Å². The van der Waals surface area contributed by atoms with Gasteiger partial charge >= 0.3 is 0 Å². The molecule has 6 nitrogen and oxygen atoms in total. The van der Waals surface area contributed by atoms with Gasteiger partial charge in [-0.2, -0.15) is 5.10 Å². The van der Waals surface area contributed by atoms with E-state index in [1.807, 2.05) is 19.9 Å². The molecule has 2 aromatic rings. The van der Waals surface area contributed by atoms with Gasteiger partial charge in [0.2, 0.25) is 5.91 Å². The molecular weight excluding hydrogens is 254 g/mol. The Morgan fingerprint density at radius 3 is 2.85 bits per heavy atom. The summed E-state index contributed by atoms with van der Waals surface area (Å²) in [6.45, 7) is 3.97. The second-order valence-electron chi connectivity index (χ2n) is 4.76. The first-order valence-electron chi connectivity index (χ1n) is 6.64. The smallest absolute Gasteiger partial charge is 0.241 e. The summed E-state index contributed by atoms with van der Waals surface area (Å²) in [5.41, 5.74) is 6.51. The predicted molar refractivity (Wildman–Crippen MR) is 77.4 cm³/mol. The molecular formula is C14H19N5O. The highest BCUT2D eigenvalue weighted by Gasteiger charge is 2.19. The van der Waals surface area contributed by atoms with Gasteiger partial charge in [-0.1, -0.05) is 20.3 Å². The number of nitrogens with zero attached hydrogens (tertiary/aromatic N) is 3. The number of anilines is 1. The number of carbonyl (C=O) groups excluding carboxylic acids is 1. The highest BCUT2D eigenvalue weighted by Crippen LogP contribution is 2.11. The minimum atomic E-state index is -0.509. The van der Waals surface area contributed by atoms with Crippen LogP contribution < -0.4 is 11.1 Å². The number of rotatable bonds is 5. The van der Waals surface area contributed by atoms with E-state index in [0.29, 0.717) is 11.5 Å². The van der Waals surface area contributed by atoms with E-state index in [4.69, 9.17) is 5.73 Å². The third kappa shape index (κ3) is 3.21. The van der Waals surface area contributed by atoms with Crippen molar-refractivity contribution in [1.29, 1.82) is 0 Å². The molecule has 2 aromatic heterocycles. The first kappa shape index (κ1) is 14.2. The van der Waals surface area contributed by atoms with E-state index in [0.717, 1.165) is 6.42 Å². The van der Waals surface area contributed by atoms with E-state index in [-0.39, 0.29) is 11.8 Å². The third-order valence-corrected chi connectivity index (χ3v) is 3.31. The minimum absolute atomic E-state index is 0.145. The van der Waals surface area contributed by atoms with E-state index in [1.165, 1.54) is 0 Å². The molecule has 20 heavy (non-hydrogen) atoms. The van der Waals surface area contributed by atoms with Crippen molar-refractivity contribution in [2.45, 2.75) is 26.3 Å². The van der Waals surface area contributed by atoms with E-state index in [1.54, 1.807) is 35.4 Å². The van der Waals surface area contributed by atoms with Crippen molar-refractivity contribution in [2.24, 2.45) is 11.7 Å². The van der Waals surface area contributed by atoms with Crippen molar-refractivity contribution in [2.75, 3.05) is 5.32 Å². The average Bonchev–Trinajstić information content (AvgIpc) is 3.00. The number of amides is 1. The maximum atomic E-state index is 11.9. The van der Waals surface area contributed by atoms with E-state index >= 15 is 0 Å². The second kappa shape index (κ2) is 6.29. The van der Waals surface area contributed by atoms with Gasteiger partial charge in [-0.05, 0) is 24.1 Å². The van der Waals surface area contributed by atoms with Crippen LogP contribution in [0.5, 0.6) is 0 Å². The van der Waals surface area contributed by atoms with E-state index in [9.17, 15) is 4.79 Å². The molecule has 0 spiro atoms. The molecule has 0 saturated carbocycles. The molecule has 2 heterocycles. The van der Waals surface area contributed by atoms with Gasteiger partial charge in [0, 0.05) is 12.4 Å². The Morgan fingerprint density at radius 2 is 2.30 bits per heavy atom. The molecule has 0 radical (unpaired) electrons. The topological polar surface area (TPSA) is 85.8 Å². The summed E-state index contributed by atoms with van der Waals surface area (Å²) in [7, 11) is 0. The molecule has 3 N–H and O–H groups in total. The Labute approximate surface area is 118 Å². The van der Waals surface area contributed by atoms with Crippen LogP contribution in [0.3, 0.4) is 0 Å². The largest absolute Gasteiger partial charge is 0.323 e. The lowest BCUT2D eigenvalue weighted by Crippen LogP contribution is -2.40. The van der Waals surface area contributed by atoms with Gasteiger partial charge in [-0.3, -0.25) is 4.79 Å². The Balaban J connectivity index is 2.02. The summed E-state index contributed by atoms with van der Waals surface area (Å²) in [4.78, 5) is 16.2. The van der Waals surface area contributed by atoms with Crippen molar-refractivity contribution >= 4 is 11.6 Å². The van der Waals surface area contributed by atoms with Crippen molar-refractivity contribution in [3.05, 3.63) is 36.8 Å². The van der Waals surface area contributed by atoms with E-state index < -0.39 is 6.04 Å². The normalized spacial score (nSPS) is 13.8. The monoisotopic (exact) mass is 273 g/mol. The number of hydrogen-bond donors (Lipinski definition) is 2. The molecule has 0 saturated heterocycles. The third-order valence-electron chi connectivity index (χ3n) is 3.31. The Hall–Kier alpha value is -2.21. The molecule has 2 rings (SSSR count). The number of carbonyl (C=O) groups is 1. The van der Waals surface area contributed by atoms with Crippen LogP contribution in [-0.4, -0.2) is 26.7 Å². The fourth-order valence-electron chi connectivity index (χ4n) is 1.74. The number of nitrogens with two attached hydrogens (primary N) is 1. The maximum Gasteiger partial charge on any atom is 0.241 e. The average molecular weight is 273 g/mol. The summed E-state index contributed by atoms with van der Waals surface area (Å²) >= 11 is 0. The van der Waals surface area contributed by atoms with Crippen molar-refractivity contribution in [1.82, 2.24) is 14.8 Å². The Morgan fingerprint density at radius 1 is 1.50 bits per heavy atom. The summed E-state index contributed by atoms with van der Waals surface area (Å²) in [5, 5.41) is 6.86. The molecule has 2 atom stereocenters. The zero-order chi connectivity index (χ0) is 14.5. The molecule has 1 amide bonds. The van der Waals surface area contributed by atoms with Gasteiger partial charge in [0.05, 0.1) is 17.9 Å². The first-order valence-corrected chi connectivity index (χ1v) is 6.64. The molecule has 1 unspecified atom stereocenters.